The van der Waals surface area contributed by atoms with Gasteiger partial charge in [0.2, 0.25) is 0 Å². The van der Waals surface area contributed by atoms with E-state index in [9.17, 15) is 4.79 Å². The molecule has 1 aliphatic heterocycles. The van der Waals surface area contributed by atoms with Crippen LogP contribution in [0.25, 0.3) is 0 Å². The summed E-state index contributed by atoms with van der Waals surface area (Å²) in [5.41, 5.74) is 1.13. The van der Waals surface area contributed by atoms with Crippen LogP contribution in [0.1, 0.15) is 12.0 Å². The molecule has 0 saturated heterocycles. The van der Waals surface area contributed by atoms with Crippen molar-refractivity contribution in [3.05, 3.63) is 27.3 Å². The summed E-state index contributed by atoms with van der Waals surface area (Å²) in [5.74, 6) is 0.614. The van der Waals surface area contributed by atoms with Crippen molar-refractivity contribution < 1.29 is 9.53 Å². The van der Waals surface area contributed by atoms with Crippen molar-refractivity contribution in [2.24, 2.45) is 0 Å². The van der Waals surface area contributed by atoms with Crippen LogP contribution in [0, 0.1) is 3.57 Å². The van der Waals surface area contributed by atoms with Gasteiger partial charge in [-0.15, -0.1) is 0 Å². The van der Waals surface area contributed by atoms with Crippen molar-refractivity contribution >= 4 is 28.6 Å². The predicted molar refractivity (Wildman–Crippen MR) is 53.1 cm³/mol. The Hall–Kier alpha value is -0.580. The Morgan fingerprint density at radius 3 is 3.00 bits per heavy atom. The average molecular weight is 274 g/mol. The molecule has 0 unspecified atom stereocenters. The van der Waals surface area contributed by atoms with E-state index in [0.29, 0.717) is 6.42 Å². The van der Waals surface area contributed by atoms with Crippen LogP contribution >= 0.6 is 22.6 Å². The van der Waals surface area contributed by atoms with Gasteiger partial charge >= 0.3 is 5.97 Å². The monoisotopic (exact) mass is 274 g/mol. The largest absolute Gasteiger partial charge is 0.426 e. The Morgan fingerprint density at radius 1 is 1.33 bits per heavy atom. The average Bonchev–Trinajstić information content (AvgIpc) is 2.03. The quantitative estimate of drug-likeness (QED) is 0.411. The highest BCUT2D eigenvalue weighted by Crippen LogP contribution is 2.26. The fourth-order valence-electron chi connectivity index (χ4n) is 1.24. The third-order valence-corrected chi connectivity index (χ3v) is 2.52. The Labute approximate surface area is 84.1 Å². The number of benzene rings is 1. The van der Waals surface area contributed by atoms with Crippen molar-refractivity contribution in [1.82, 2.24) is 0 Å². The number of ether oxygens (including phenoxy) is 1. The topological polar surface area (TPSA) is 26.3 Å². The van der Waals surface area contributed by atoms with Crippen molar-refractivity contribution in [3.8, 4) is 5.75 Å². The van der Waals surface area contributed by atoms with E-state index in [1.54, 1.807) is 0 Å². The van der Waals surface area contributed by atoms with E-state index in [-0.39, 0.29) is 5.97 Å². The van der Waals surface area contributed by atoms with Gasteiger partial charge in [0, 0.05) is 3.57 Å². The number of hydrogen-bond donors (Lipinski definition) is 0. The molecular formula is C9H7IO2. The maximum Gasteiger partial charge on any atom is 0.311 e. The molecule has 1 aromatic carbocycles. The standard InChI is InChI=1S/C9H7IO2/c10-7-3-1-6-2-4-9(11)12-8(6)5-7/h1,3,5H,2,4H2. The van der Waals surface area contributed by atoms with Crippen LogP contribution in [-0.4, -0.2) is 5.97 Å². The lowest BCUT2D eigenvalue weighted by Gasteiger charge is -2.14. The SMILES string of the molecule is O=C1CCc2ccc(I)cc2O1. The van der Waals surface area contributed by atoms with Gasteiger partial charge in [-0.05, 0) is 46.7 Å². The molecule has 0 N–H and O–H groups in total. The van der Waals surface area contributed by atoms with E-state index < -0.39 is 0 Å². The lowest BCUT2D eigenvalue weighted by Crippen LogP contribution is -2.15. The summed E-state index contributed by atoms with van der Waals surface area (Å²) >= 11 is 2.20. The number of esters is 1. The van der Waals surface area contributed by atoms with Gasteiger partial charge in [0.05, 0.1) is 6.42 Å². The molecule has 62 valence electrons. The maximum absolute atomic E-state index is 10.9. The summed E-state index contributed by atoms with van der Waals surface area (Å²) in [6.45, 7) is 0. The lowest BCUT2D eigenvalue weighted by molar-refractivity contribution is -0.135. The van der Waals surface area contributed by atoms with E-state index in [4.69, 9.17) is 4.74 Å². The molecule has 0 saturated carbocycles. The zero-order valence-electron chi connectivity index (χ0n) is 6.34. The fraction of sp³-hybridized carbons (Fsp3) is 0.222. The van der Waals surface area contributed by atoms with Crippen LogP contribution in [-0.2, 0) is 11.2 Å². The van der Waals surface area contributed by atoms with Gasteiger partial charge in [-0.3, -0.25) is 4.79 Å². The first-order valence-electron chi connectivity index (χ1n) is 3.75. The highest BCUT2D eigenvalue weighted by atomic mass is 127. The molecule has 2 nitrogen and oxygen atoms in total. The van der Waals surface area contributed by atoms with Crippen LogP contribution < -0.4 is 4.74 Å². The molecule has 0 aromatic heterocycles. The number of hydrogen-bond acceptors (Lipinski definition) is 2. The molecule has 3 heteroatoms. The molecule has 0 amide bonds. The minimum atomic E-state index is -0.121. The molecule has 12 heavy (non-hydrogen) atoms. The second kappa shape index (κ2) is 3.05. The first kappa shape index (κ1) is 8.04. The number of rotatable bonds is 0. The van der Waals surface area contributed by atoms with E-state index in [1.807, 2.05) is 18.2 Å². The molecule has 0 bridgehead atoms. The first-order chi connectivity index (χ1) is 5.75. The van der Waals surface area contributed by atoms with Gasteiger partial charge in [-0.1, -0.05) is 6.07 Å². The van der Waals surface area contributed by atoms with Crippen molar-refractivity contribution in [2.45, 2.75) is 12.8 Å². The second-order valence-corrected chi connectivity index (χ2v) is 3.97. The van der Waals surface area contributed by atoms with Crippen LogP contribution in [0.5, 0.6) is 5.75 Å². The normalized spacial score (nSPS) is 15.2. The van der Waals surface area contributed by atoms with Crippen molar-refractivity contribution in [2.75, 3.05) is 0 Å². The van der Waals surface area contributed by atoms with Gasteiger partial charge in [-0.25, -0.2) is 0 Å². The minimum absolute atomic E-state index is 0.121. The fourth-order valence-corrected chi connectivity index (χ4v) is 1.70. The Morgan fingerprint density at radius 2 is 2.17 bits per heavy atom. The molecule has 2 rings (SSSR count). The molecule has 0 aliphatic carbocycles. The molecule has 1 aromatic rings. The Balaban J connectivity index is 2.44. The van der Waals surface area contributed by atoms with Gasteiger partial charge in [0.1, 0.15) is 5.75 Å². The molecule has 1 heterocycles. The molecule has 1 aliphatic rings. The zero-order valence-corrected chi connectivity index (χ0v) is 8.50. The third-order valence-electron chi connectivity index (χ3n) is 1.85. The summed E-state index contributed by atoms with van der Waals surface area (Å²) in [4.78, 5) is 10.9. The summed E-state index contributed by atoms with van der Waals surface area (Å²) < 4.78 is 6.17. The molecule has 0 atom stereocenters. The zero-order chi connectivity index (χ0) is 8.55. The van der Waals surface area contributed by atoms with E-state index >= 15 is 0 Å². The molecule has 0 radical (unpaired) electrons. The third kappa shape index (κ3) is 1.46. The van der Waals surface area contributed by atoms with Gasteiger partial charge in [0.15, 0.2) is 0 Å². The number of fused-ring (bicyclic) bond motifs is 1. The van der Waals surface area contributed by atoms with Crippen molar-refractivity contribution in [1.29, 1.82) is 0 Å². The van der Waals surface area contributed by atoms with Crippen LogP contribution in [0.4, 0.5) is 0 Å². The highest BCUT2D eigenvalue weighted by molar-refractivity contribution is 14.1. The van der Waals surface area contributed by atoms with Gasteiger partial charge in [0.25, 0.3) is 0 Å². The highest BCUT2D eigenvalue weighted by Gasteiger charge is 2.16. The lowest BCUT2D eigenvalue weighted by atomic mass is 10.1. The maximum atomic E-state index is 10.9. The second-order valence-electron chi connectivity index (χ2n) is 2.73. The molecule has 0 fully saturated rings. The van der Waals surface area contributed by atoms with Gasteiger partial charge in [-0.2, -0.15) is 0 Å². The number of aryl methyl sites for hydroxylation is 1. The molecule has 0 spiro atoms. The van der Waals surface area contributed by atoms with Crippen molar-refractivity contribution in [3.63, 3.8) is 0 Å². The summed E-state index contributed by atoms with van der Waals surface area (Å²) in [6, 6.07) is 5.94. The first-order valence-corrected chi connectivity index (χ1v) is 4.83. The summed E-state index contributed by atoms with van der Waals surface area (Å²) in [7, 11) is 0. The van der Waals surface area contributed by atoms with Crippen LogP contribution in [0.15, 0.2) is 18.2 Å². The van der Waals surface area contributed by atoms with E-state index in [2.05, 4.69) is 22.6 Å². The summed E-state index contributed by atoms with van der Waals surface area (Å²) in [6.07, 6.45) is 1.32. The number of halogens is 1. The van der Waals surface area contributed by atoms with E-state index in [1.165, 1.54) is 0 Å². The smallest absolute Gasteiger partial charge is 0.311 e. The van der Waals surface area contributed by atoms with Gasteiger partial charge < -0.3 is 4.74 Å². The molecular weight excluding hydrogens is 267 g/mol. The Kier molecular flexibility index (Phi) is 2.04. The van der Waals surface area contributed by atoms with Crippen LogP contribution in [0.3, 0.4) is 0 Å². The van der Waals surface area contributed by atoms with E-state index in [0.717, 1.165) is 21.3 Å². The minimum Gasteiger partial charge on any atom is -0.426 e. The Bertz CT molecular complexity index is 333. The van der Waals surface area contributed by atoms with Crippen LogP contribution in [0.2, 0.25) is 0 Å². The summed E-state index contributed by atoms with van der Waals surface area (Å²) in [5, 5.41) is 0. The predicted octanol–water partition coefficient (Wildman–Crippen LogP) is 2.14. The number of carbonyl (C=O) groups excluding carboxylic acids is 1. The number of carbonyl (C=O) groups is 1.